The summed E-state index contributed by atoms with van der Waals surface area (Å²) in [5.74, 6) is 0.909. The quantitative estimate of drug-likeness (QED) is 0.698. The highest BCUT2D eigenvalue weighted by atomic mass is 16.5. The third-order valence-electron chi connectivity index (χ3n) is 3.91. The Hall–Kier alpha value is -0.370. The lowest BCUT2D eigenvalue weighted by molar-refractivity contribution is -0.140. The molecule has 1 unspecified atom stereocenters. The van der Waals surface area contributed by atoms with Crippen LogP contribution in [0.2, 0.25) is 0 Å². The van der Waals surface area contributed by atoms with E-state index in [0.29, 0.717) is 11.7 Å². The first-order valence-corrected chi connectivity index (χ1v) is 6.21. The van der Waals surface area contributed by atoms with Gasteiger partial charge in [0.2, 0.25) is 0 Å². The molecule has 1 rings (SSSR count). The molecule has 0 bridgehead atoms. The predicted molar refractivity (Wildman–Crippen MR) is 61.9 cm³/mol. The van der Waals surface area contributed by atoms with Crippen LogP contribution in [-0.2, 0) is 9.53 Å². The maximum atomic E-state index is 12.1. The van der Waals surface area contributed by atoms with Crippen LogP contribution < -0.4 is 0 Å². The van der Waals surface area contributed by atoms with Crippen molar-refractivity contribution in [1.82, 2.24) is 0 Å². The summed E-state index contributed by atoms with van der Waals surface area (Å²) in [6, 6.07) is 0. The smallest absolute Gasteiger partial charge is 0.164 e. The Morgan fingerprint density at radius 2 is 1.93 bits per heavy atom. The van der Waals surface area contributed by atoms with E-state index in [1.807, 2.05) is 13.8 Å². The SMILES string of the molecule is CCC(C)(OC)C(=O)CC1CCCCC1. The van der Waals surface area contributed by atoms with Crippen molar-refractivity contribution in [1.29, 1.82) is 0 Å². The average molecular weight is 212 g/mol. The minimum Gasteiger partial charge on any atom is -0.371 e. The second-order valence-corrected chi connectivity index (χ2v) is 4.92. The van der Waals surface area contributed by atoms with Gasteiger partial charge in [-0.25, -0.2) is 0 Å². The summed E-state index contributed by atoms with van der Waals surface area (Å²) in [4.78, 5) is 12.1. The Kier molecular flexibility index (Phi) is 4.78. The molecule has 0 heterocycles. The topological polar surface area (TPSA) is 26.3 Å². The molecular formula is C13H24O2. The van der Waals surface area contributed by atoms with Gasteiger partial charge in [0.25, 0.3) is 0 Å². The van der Waals surface area contributed by atoms with Gasteiger partial charge >= 0.3 is 0 Å². The van der Waals surface area contributed by atoms with E-state index >= 15 is 0 Å². The summed E-state index contributed by atoms with van der Waals surface area (Å²) in [6.07, 6.45) is 7.90. The fraction of sp³-hybridized carbons (Fsp3) is 0.923. The second-order valence-electron chi connectivity index (χ2n) is 4.92. The zero-order valence-corrected chi connectivity index (χ0v) is 10.3. The molecule has 15 heavy (non-hydrogen) atoms. The minimum atomic E-state index is -0.544. The number of hydrogen-bond acceptors (Lipinski definition) is 2. The molecule has 1 saturated carbocycles. The first-order chi connectivity index (χ1) is 7.12. The zero-order chi connectivity index (χ0) is 11.3. The van der Waals surface area contributed by atoms with Crippen LogP contribution in [0, 0.1) is 5.92 Å². The Labute approximate surface area is 93.4 Å². The number of rotatable bonds is 5. The molecule has 0 amide bonds. The third-order valence-corrected chi connectivity index (χ3v) is 3.91. The Balaban J connectivity index is 2.45. The minimum absolute atomic E-state index is 0.291. The second kappa shape index (κ2) is 5.64. The van der Waals surface area contributed by atoms with Crippen molar-refractivity contribution in [3.63, 3.8) is 0 Å². The zero-order valence-electron chi connectivity index (χ0n) is 10.3. The number of carbonyl (C=O) groups is 1. The number of hydrogen-bond donors (Lipinski definition) is 0. The number of methoxy groups -OCH3 is 1. The molecule has 2 heteroatoms. The average Bonchev–Trinajstić information content (AvgIpc) is 2.29. The highest BCUT2D eigenvalue weighted by molar-refractivity contribution is 5.87. The monoisotopic (exact) mass is 212 g/mol. The van der Waals surface area contributed by atoms with E-state index in [1.165, 1.54) is 32.1 Å². The molecule has 0 aromatic heterocycles. The highest BCUT2D eigenvalue weighted by Gasteiger charge is 2.32. The van der Waals surface area contributed by atoms with Gasteiger partial charge < -0.3 is 4.74 Å². The standard InChI is InChI=1S/C13H24O2/c1-4-13(2,15-3)12(14)10-11-8-6-5-7-9-11/h11H,4-10H2,1-3H3. The van der Waals surface area contributed by atoms with Crippen LogP contribution in [0.3, 0.4) is 0 Å². The normalized spacial score (nSPS) is 22.3. The summed E-state index contributed by atoms with van der Waals surface area (Å²) in [5, 5.41) is 0. The largest absolute Gasteiger partial charge is 0.371 e. The maximum Gasteiger partial charge on any atom is 0.164 e. The van der Waals surface area contributed by atoms with Crippen LogP contribution in [0.1, 0.15) is 58.8 Å². The van der Waals surface area contributed by atoms with Crippen molar-refractivity contribution in [3.8, 4) is 0 Å². The molecular weight excluding hydrogens is 188 g/mol. The summed E-state index contributed by atoms with van der Waals surface area (Å²) < 4.78 is 5.34. The van der Waals surface area contributed by atoms with Crippen LogP contribution in [0.4, 0.5) is 0 Å². The van der Waals surface area contributed by atoms with Crippen molar-refractivity contribution < 1.29 is 9.53 Å². The molecule has 1 fully saturated rings. The van der Waals surface area contributed by atoms with Crippen LogP contribution in [0.5, 0.6) is 0 Å². The molecule has 1 aliphatic carbocycles. The fourth-order valence-electron chi connectivity index (χ4n) is 2.32. The molecule has 0 aromatic carbocycles. The van der Waals surface area contributed by atoms with E-state index in [9.17, 15) is 4.79 Å². The predicted octanol–water partition coefficient (Wildman–Crippen LogP) is 3.34. The highest BCUT2D eigenvalue weighted by Crippen LogP contribution is 2.29. The maximum absolute atomic E-state index is 12.1. The molecule has 0 saturated heterocycles. The van der Waals surface area contributed by atoms with Crippen molar-refractivity contribution in [2.24, 2.45) is 5.92 Å². The van der Waals surface area contributed by atoms with E-state index in [4.69, 9.17) is 4.74 Å². The molecule has 0 aromatic rings. The number of carbonyl (C=O) groups excluding carboxylic acids is 1. The van der Waals surface area contributed by atoms with Crippen molar-refractivity contribution in [2.45, 2.75) is 64.4 Å². The number of ketones is 1. The van der Waals surface area contributed by atoms with Gasteiger partial charge in [0.05, 0.1) is 0 Å². The Morgan fingerprint density at radius 1 is 1.33 bits per heavy atom. The lowest BCUT2D eigenvalue weighted by Gasteiger charge is -2.28. The van der Waals surface area contributed by atoms with E-state index in [-0.39, 0.29) is 0 Å². The molecule has 0 N–H and O–H groups in total. The Morgan fingerprint density at radius 3 is 2.40 bits per heavy atom. The van der Waals surface area contributed by atoms with Crippen LogP contribution in [-0.4, -0.2) is 18.5 Å². The van der Waals surface area contributed by atoms with Crippen LogP contribution in [0.25, 0.3) is 0 Å². The Bertz CT molecular complexity index is 201. The third kappa shape index (κ3) is 3.30. The van der Waals surface area contributed by atoms with E-state index in [1.54, 1.807) is 7.11 Å². The van der Waals surface area contributed by atoms with Crippen LogP contribution >= 0.6 is 0 Å². The van der Waals surface area contributed by atoms with E-state index in [2.05, 4.69) is 0 Å². The van der Waals surface area contributed by atoms with Gasteiger partial charge in [-0.15, -0.1) is 0 Å². The fourth-order valence-corrected chi connectivity index (χ4v) is 2.32. The lowest BCUT2D eigenvalue weighted by Crippen LogP contribution is -2.38. The molecule has 0 radical (unpaired) electrons. The lowest BCUT2D eigenvalue weighted by atomic mass is 9.82. The molecule has 1 atom stereocenters. The van der Waals surface area contributed by atoms with Gasteiger partial charge in [0.15, 0.2) is 5.78 Å². The van der Waals surface area contributed by atoms with Gasteiger partial charge in [-0.2, -0.15) is 0 Å². The first kappa shape index (κ1) is 12.7. The van der Waals surface area contributed by atoms with Crippen molar-refractivity contribution in [2.75, 3.05) is 7.11 Å². The summed E-state index contributed by atoms with van der Waals surface area (Å²) in [5.41, 5.74) is -0.544. The van der Waals surface area contributed by atoms with Gasteiger partial charge in [0, 0.05) is 13.5 Å². The van der Waals surface area contributed by atoms with E-state index in [0.717, 1.165) is 12.8 Å². The van der Waals surface area contributed by atoms with Crippen LogP contribution in [0.15, 0.2) is 0 Å². The van der Waals surface area contributed by atoms with Crippen molar-refractivity contribution >= 4 is 5.78 Å². The summed E-state index contributed by atoms with van der Waals surface area (Å²) in [7, 11) is 1.64. The molecule has 0 aliphatic heterocycles. The molecule has 2 nitrogen and oxygen atoms in total. The number of ether oxygens (including phenoxy) is 1. The number of Topliss-reactive ketones (excluding diaryl/α,β-unsaturated/α-hetero) is 1. The molecule has 88 valence electrons. The molecule has 0 spiro atoms. The van der Waals surface area contributed by atoms with Gasteiger partial charge in [0.1, 0.15) is 5.60 Å². The molecule has 1 aliphatic rings. The summed E-state index contributed by atoms with van der Waals surface area (Å²) in [6.45, 7) is 3.93. The van der Waals surface area contributed by atoms with Gasteiger partial charge in [-0.1, -0.05) is 39.0 Å². The van der Waals surface area contributed by atoms with E-state index < -0.39 is 5.60 Å². The van der Waals surface area contributed by atoms with Gasteiger partial charge in [-0.3, -0.25) is 4.79 Å². The van der Waals surface area contributed by atoms with Crippen molar-refractivity contribution in [3.05, 3.63) is 0 Å². The van der Waals surface area contributed by atoms with Gasteiger partial charge in [-0.05, 0) is 19.3 Å². The first-order valence-electron chi connectivity index (χ1n) is 6.21. The summed E-state index contributed by atoms with van der Waals surface area (Å²) >= 11 is 0.